The highest BCUT2D eigenvalue weighted by molar-refractivity contribution is 5.77. The molecule has 0 aromatic heterocycles. The zero-order chi connectivity index (χ0) is 12.8. The number of carbonyl (C=O) groups is 1. The van der Waals surface area contributed by atoms with Gasteiger partial charge in [-0.05, 0) is 38.1 Å². The van der Waals surface area contributed by atoms with Crippen molar-refractivity contribution in [1.29, 1.82) is 0 Å². The van der Waals surface area contributed by atoms with Crippen molar-refractivity contribution in [3.63, 3.8) is 0 Å². The molecule has 0 aromatic carbocycles. The van der Waals surface area contributed by atoms with E-state index in [-0.39, 0.29) is 18.6 Å². The molecule has 0 saturated heterocycles. The molecule has 0 heterocycles. The second-order valence-electron chi connectivity index (χ2n) is 5.68. The first-order valence-electron chi connectivity index (χ1n) is 7.40. The average molecular weight is 254 g/mol. The Balaban J connectivity index is 1.67. The molecule has 2 fully saturated rings. The summed E-state index contributed by atoms with van der Waals surface area (Å²) in [5.74, 6) is 0.487. The van der Waals surface area contributed by atoms with Gasteiger partial charge in [-0.1, -0.05) is 25.7 Å². The molecule has 0 spiro atoms. The van der Waals surface area contributed by atoms with Crippen molar-refractivity contribution in [1.82, 2.24) is 5.32 Å². The molecule has 0 radical (unpaired) electrons. The molecule has 0 aromatic rings. The molecule has 1 amide bonds. The molecule has 2 rings (SSSR count). The van der Waals surface area contributed by atoms with Crippen LogP contribution in [0.15, 0.2) is 0 Å². The van der Waals surface area contributed by atoms with Gasteiger partial charge < -0.3 is 15.8 Å². The number of carbonyl (C=O) groups excluding carboxylic acids is 1. The van der Waals surface area contributed by atoms with E-state index in [1.807, 2.05) is 0 Å². The minimum atomic E-state index is 0.0447. The third-order valence-corrected chi connectivity index (χ3v) is 4.29. The Morgan fingerprint density at radius 2 is 1.78 bits per heavy atom. The van der Waals surface area contributed by atoms with Gasteiger partial charge in [0.2, 0.25) is 5.91 Å². The molecule has 2 unspecified atom stereocenters. The number of nitrogens with one attached hydrogen (secondary N) is 1. The molecule has 18 heavy (non-hydrogen) atoms. The van der Waals surface area contributed by atoms with Crippen LogP contribution in [-0.2, 0) is 9.53 Å². The van der Waals surface area contributed by atoms with Gasteiger partial charge in [-0.15, -0.1) is 0 Å². The molecule has 4 nitrogen and oxygen atoms in total. The number of amides is 1. The maximum absolute atomic E-state index is 11.8. The van der Waals surface area contributed by atoms with Crippen LogP contribution in [0.4, 0.5) is 0 Å². The van der Waals surface area contributed by atoms with E-state index in [0.717, 1.165) is 25.7 Å². The van der Waals surface area contributed by atoms with Crippen molar-refractivity contribution in [3.05, 3.63) is 0 Å². The van der Waals surface area contributed by atoms with Crippen LogP contribution in [0.2, 0.25) is 0 Å². The van der Waals surface area contributed by atoms with Crippen LogP contribution in [0.1, 0.15) is 51.4 Å². The molecule has 4 heteroatoms. The van der Waals surface area contributed by atoms with Crippen LogP contribution < -0.4 is 11.1 Å². The Morgan fingerprint density at radius 1 is 1.11 bits per heavy atom. The van der Waals surface area contributed by atoms with Crippen LogP contribution >= 0.6 is 0 Å². The van der Waals surface area contributed by atoms with Crippen molar-refractivity contribution >= 4 is 5.91 Å². The summed E-state index contributed by atoms with van der Waals surface area (Å²) in [7, 11) is 0. The SMILES string of the molecule is NCC1CCCCC1OCC(=O)NC1CCCC1. The molecular formula is C14H26N2O2. The maximum atomic E-state index is 11.8. The van der Waals surface area contributed by atoms with Crippen molar-refractivity contribution in [3.8, 4) is 0 Å². The largest absolute Gasteiger partial charge is 0.368 e. The molecule has 2 aliphatic rings. The standard InChI is InChI=1S/C14H26N2O2/c15-9-11-5-1-4-8-13(11)18-10-14(17)16-12-6-2-3-7-12/h11-13H,1-10,15H2,(H,16,17). The fraction of sp³-hybridized carbons (Fsp3) is 0.929. The Hall–Kier alpha value is -0.610. The van der Waals surface area contributed by atoms with Crippen LogP contribution in [0.3, 0.4) is 0 Å². The lowest BCUT2D eigenvalue weighted by molar-refractivity contribution is -0.130. The molecule has 0 bridgehead atoms. The molecule has 2 saturated carbocycles. The number of nitrogens with two attached hydrogens (primary N) is 1. The fourth-order valence-electron chi connectivity index (χ4n) is 3.18. The van der Waals surface area contributed by atoms with Crippen LogP contribution in [0.25, 0.3) is 0 Å². The fourth-order valence-corrected chi connectivity index (χ4v) is 3.18. The normalized spacial score (nSPS) is 29.4. The Bertz CT molecular complexity index is 265. The summed E-state index contributed by atoms with van der Waals surface area (Å²) in [6.07, 6.45) is 9.57. The minimum absolute atomic E-state index is 0.0447. The molecular weight excluding hydrogens is 228 g/mol. The van der Waals surface area contributed by atoms with Gasteiger partial charge in [0.15, 0.2) is 0 Å². The summed E-state index contributed by atoms with van der Waals surface area (Å²) in [4.78, 5) is 11.8. The van der Waals surface area contributed by atoms with Gasteiger partial charge in [0.25, 0.3) is 0 Å². The first-order chi connectivity index (χ1) is 8.79. The lowest BCUT2D eigenvalue weighted by Gasteiger charge is -2.30. The molecule has 2 atom stereocenters. The first kappa shape index (κ1) is 13.8. The molecule has 3 N–H and O–H groups in total. The van der Waals surface area contributed by atoms with Gasteiger partial charge in [0, 0.05) is 6.04 Å². The highest BCUT2D eigenvalue weighted by Crippen LogP contribution is 2.26. The van der Waals surface area contributed by atoms with Crippen molar-refractivity contribution < 1.29 is 9.53 Å². The van der Waals surface area contributed by atoms with E-state index in [2.05, 4.69) is 5.32 Å². The zero-order valence-electron chi connectivity index (χ0n) is 11.2. The second kappa shape index (κ2) is 7.10. The Morgan fingerprint density at radius 3 is 2.50 bits per heavy atom. The van der Waals surface area contributed by atoms with Crippen molar-refractivity contribution in [2.24, 2.45) is 11.7 Å². The van der Waals surface area contributed by atoms with E-state index in [1.54, 1.807) is 0 Å². The predicted octanol–water partition coefficient (Wildman–Crippen LogP) is 1.58. The second-order valence-corrected chi connectivity index (χ2v) is 5.68. The van der Waals surface area contributed by atoms with E-state index in [1.165, 1.54) is 25.7 Å². The third-order valence-electron chi connectivity index (χ3n) is 4.29. The molecule has 2 aliphatic carbocycles. The topological polar surface area (TPSA) is 64.3 Å². The summed E-state index contributed by atoms with van der Waals surface area (Å²) in [6, 6.07) is 0.387. The van der Waals surface area contributed by atoms with Gasteiger partial charge in [-0.25, -0.2) is 0 Å². The Labute approximate surface area is 110 Å². The van der Waals surface area contributed by atoms with Crippen LogP contribution in [0.5, 0.6) is 0 Å². The third kappa shape index (κ3) is 3.95. The number of hydrogen-bond donors (Lipinski definition) is 2. The lowest BCUT2D eigenvalue weighted by atomic mass is 9.86. The van der Waals surface area contributed by atoms with Crippen LogP contribution in [0, 0.1) is 5.92 Å². The van der Waals surface area contributed by atoms with Gasteiger partial charge in [0.05, 0.1) is 6.10 Å². The number of ether oxygens (including phenoxy) is 1. The predicted molar refractivity (Wildman–Crippen MR) is 71.2 cm³/mol. The van der Waals surface area contributed by atoms with Gasteiger partial charge in [0.1, 0.15) is 6.61 Å². The molecule has 104 valence electrons. The quantitative estimate of drug-likeness (QED) is 0.783. The summed E-state index contributed by atoms with van der Waals surface area (Å²) in [5.41, 5.74) is 5.75. The summed E-state index contributed by atoms with van der Waals surface area (Å²) in [6.45, 7) is 0.882. The monoisotopic (exact) mass is 254 g/mol. The summed E-state index contributed by atoms with van der Waals surface area (Å²) in [5, 5.41) is 3.06. The van der Waals surface area contributed by atoms with Gasteiger partial charge in [-0.3, -0.25) is 4.79 Å². The number of rotatable bonds is 5. The Kier molecular flexibility index (Phi) is 5.45. The summed E-state index contributed by atoms with van der Waals surface area (Å²) < 4.78 is 5.77. The molecule has 0 aliphatic heterocycles. The lowest BCUT2D eigenvalue weighted by Crippen LogP contribution is -2.39. The highest BCUT2D eigenvalue weighted by Gasteiger charge is 2.25. The zero-order valence-corrected chi connectivity index (χ0v) is 11.2. The van der Waals surface area contributed by atoms with E-state index < -0.39 is 0 Å². The van der Waals surface area contributed by atoms with Gasteiger partial charge >= 0.3 is 0 Å². The van der Waals surface area contributed by atoms with Crippen molar-refractivity contribution in [2.75, 3.05) is 13.2 Å². The van der Waals surface area contributed by atoms with Crippen molar-refractivity contribution in [2.45, 2.75) is 63.5 Å². The van der Waals surface area contributed by atoms with E-state index in [0.29, 0.717) is 18.5 Å². The van der Waals surface area contributed by atoms with Crippen LogP contribution in [-0.4, -0.2) is 31.2 Å². The number of hydrogen-bond acceptors (Lipinski definition) is 3. The van der Waals surface area contributed by atoms with E-state index >= 15 is 0 Å². The summed E-state index contributed by atoms with van der Waals surface area (Å²) >= 11 is 0. The smallest absolute Gasteiger partial charge is 0.246 e. The highest BCUT2D eigenvalue weighted by atomic mass is 16.5. The van der Waals surface area contributed by atoms with E-state index in [9.17, 15) is 4.79 Å². The first-order valence-corrected chi connectivity index (χ1v) is 7.40. The van der Waals surface area contributed by atoms with Gasteiger partial charge in [-0.2, -0.15) is 0 Å². The van der Waals surface area contributed by atoms with E-state index in [4.69, 9.17) is 10.5 Å². The minimum Gasteiger partial charge on any atom is -0.368 e. The maximum Gasteiger partial charge on any atom is 0.246 e. The average Bonchev–Trinajstić information content (AvgIpc) is 2.89.